The van der Waals surface area contributed by atoms with Crippen molar-refractivity contribution in [2.24, 2.45) is 11.5 Å². The van der Waals surface area contributed by atoms with Crippen LogP contribution in [0, 0.1) is 0 Å². The number of aryl methyl sites for hydroxylation is 1. The van der Waals surface area contributed by atoms with Gasteiger partial charge in [0, 0.05) is 5.69 Å². The molecule has 1 amide bonds. The van der Waals surface area contributed by atoms with Crippen LogP contribution in [0.3, 0.4) is 0 Å². The summed E-state index contributed by atoms with van der Waals surface area (Å²) in [5, 5.41) is 2.72. The number of amides is 1. The average molecular weight is 191 g/mol. The topological polar surface area (TPSA) is 81.1 Å². The Labute approximate surface area is 82.3 Å². The lowest BCUT2D eigenvalue weighted by Crippen LogP contribution is -2.58. The zero-order chi connectivity index (χ0) is 10.2. The van der Waals surface area contributed by atoms with Gasteiger partial charge in [-0.2, -0.15) is 0 Å². The summed E-state index contributed by atoms with van der Waals surface area (Å²) in [5.41, 5.74) is 12.0. The third kappa shape index (κ3) is 1.49. The Bertz CT molecular complexity index is 373. The summed E-state index contributed by atoms with van der Waals surface area (Å²) in [5.74, 6) is -0.317. The third-order valence-electron chi connectivity index (χ3n) is 2.50. The average Bonchev–Trinajstić information content (AvgIpc) is 2.26. The van der Waals surface area contributed by atoms with E-state index in [0.29, 0.717) is 6.42 Å². The molecule has 4 heteroatoms. The van der Waals surface area contributed by atoms with Gasteiger partial charge in [-0.05, 0) is 24.5 Å². The fourth-order valence-electron chi connectivity index (χ4n) is 1.55. The van der Waals surface area contributed by atoms with E-state index in [1.807, 2.05) is 24.3 Å². The molecule has 0 aromatic heterocycles. The van der Waals surface area contributed by atoms with E-state index < -0.39 is 5.66 Å². The molecular weight excluding hydrogens is 178 g/mol. The summed E-state index contributed by atoms with van der Waals surface area (Å²) < 4.78 is 0. The molecule has 0 bridgehead atoms. The Morgan fingerprint density at radius 3 is 2.79 bits per heavy atom. The number of rotatable bonds is 0. The number of para-hydroxylation sites is 1. The Kier molecular flexibility index (Phi) is 2.02. The predicted molar refractivity (Wildman–Crippen MR) is 54.5 cm³/mol. The van der Waals surface area contributed by atoms with Crippen molar-refractivity contribution in [3.8, 4) is 0 Å². The number of benzene rings is 1. The second-order valence-corrected chi connectivity index (χ2v) is 3.65. The van der Waals surface area contributed by atoms with E-state index in [2.05, 4.69) is 5.32 Å². The van der Waals surface area contributed by atoms with Crippen LogP contribution >= 0.6 is 0 Å². The zero-order valence-electron chi connectivity index (χ0n) is 7.79. The lowest BCUT2D eigenvalue weighted by molar-refractivity contribution is -0.121. The lowest BCUT2D eigenvalue weighted by Gasteiger charge is -2.19. The van der Waals surface area contributed by atoms with Gasteiger partial charge in [0.1, 0.15) is 5.66 Å². The first kappa shape index (κ1) is 9.18. The van der Waals surface area contributed by atoms with Crippen LogP contribution in [0.15, 0.2) is 24.3 Å². The van der Waals surface area contributed by atoms with Gasteiger partial charge in [-0.25, -0.2) is 0 Å². The molecule has 0 radical (unpaired) electrons. The van der Waals surface area contributed by atoms with E-state index in [-0.39, 0.29) is 5.91 Å². The van der Waals surface area contributed by atoms with Gasteiger partial charge in [0.25, 0.3) is 5.91 Å². The lowest BCUT2D eigenvalue weighted by atomic mass is 10.0. The Hall–Kier alpha value is -1.39. The molecule has 1 aliphatic rings. The van der Waals surface area contributed by atoms with E-state index in [0.717, 1.165) is 17.7 Å². The number of carbonyl (C=O) groups excluding carboxylic acids is 1. The fraction of sp³-hybridized carbons (Fsp3) is 0.300. The molecule has 0 aliphatic carbocycles. The van der Waals surface area contributed by atoms with Gasteiger partial charge in [0.15, 0.2) is 0 Å². The summed E-state index contributed by atoms with van der Waals surface area (Å²) >= 11 is 0. The van der Waals surface area contributed by atoms with Crippen molar-refractivity contribution >= 4 is 11.6 Å². The molecule has 14 heavy (non-hydrogen) atoms. The molecule has 74 valence electrons. The molecule has 1 heterocycles. The van der Waals surface area contributed by atoms with Gasteiger partial charge in [-0.15, -0.1) is 0 Å². The molecular formula is C10H13N3O. The molecule has 1 aromatic carbocycles. The first-order chi connectivity index (χ1) is 6.59. The molecule has 0 spiro atoms. The van der Waals surface area contributed by atoms with Crippen molar-refractivity contribution in [2.75, 3.05) is 5.32 Å². The summed E-state index contributed by atoms with van der Waals surface area (Å²) in [6, 6.07) is 7.63. The first-order valence-electron chi connectivity index (χ1n) is 4.57. The standard InChI is InChI=1S/C10H13N3O/c11-10(12)6-5-7-3-1-2-4-8(7)13-9(10)14/h1-4H,5-6,11-12H2,(H,13,14). The highest BCUT2D eigenvalue weighted by atomic mass is 16.2. The number of nitrogens with one attached hydrogen (secondary N) is 1. The van der Waals surface area contributed by atoms with Crippen molar-refractivity contribution < 1.29 is 4.79 Å². The predicted octanol–water partition coefficient (Wildman–Crippen LogP) is 0.185. The van der Waals surface area contributed by atoms with Crippen molar-refractivity contribution in [1.82, 2.24) is 0 Å². The number of anilines is 1. The van der Waals surface area contributed by atoms with E-state index in [4.69, 9.17) is 11.5 Å². The van der Waals surface area contributed by atoms with Gasteiger partial charge in [-0.3, -0.25) is 4.79 Å². The molecule has 1 aliphatic heterocycles. The van der Waals surface area contributed by atoms with Crippen molar-refractivity contribution in [2.45, 2.75) is 18.5 Å². The number of fused-ring (bicyclic) bond motifs is 1. The van der Waals surface area contributed by atoms with Gasteiger partial charge < -0.3 is 16.8 Å². The van der Waals surface area contributed by atoms with Gasteiger partial charge in [0.2, 0.25) is 0 Å². The van der Waals surface area contributed by atoms with Crippen molar-refractivity contribution in [3.63, 3.8) is 0 Å². The highest BCUT2D eigenvalue weighted by molar-refractivity contribution is 5.98. The van der Waals surface area contributed by atoms with Gasteiger partial charge >= 0.3 is 0 Å². The monoisotopic (exact) mass is 191 g/mol. The maximum Gasteiger partial charge on any atom is 0.259 e. The largest absolute Gasteiger partial charge is 0.323 e. The molecule has 0 saturated carbocycles. The van der Waals surface area contributed by atoms with Crippen LogP contribution in [-0.2, 0) is 11.2 Å². The van der Waals surface area contributed by atoms with E-state index >= 15 is 0 Å². The molecule has 2 rings (SSSR count). The van der Waals surface area contributed by atoms with E-state index in [1.165, 1.54) is 0 Å². The van der Waals surface area contributed by atoms with Crippen LogP contribution in [0.2, 0.25) is 0 Å². The second-order valence-electron chi connectivity index (χ2n) is 3.65. The van der Waals surface area contributed by atoms with Crippen LogP contribution in [0.4, 0.5) is 5.69 Å². The fourth-order valence-corrected chi connectivity index (χ4v) is 1.55. The van der Waals surface area contributed by atoms with Crippen LogP contribution in [-0.4, -0.2) is 11.6 Å². The van der Waals surface area contributed by atoms with E-state index in [1.54, 1.807) is 0 Å². The Balaban J connectivity index is 2.38. The maximum atomic E-state index is 11.5. The molecule has 0 saturated heterocycles. The normalized spacial score (nSPS) is 19.4. The smallest absolute Gasteiger partial charge is 0.259 e. The minimum Gasteiger partial charge on any atom is -0.323 e. The minimum atomic E-state index is -1.25. The molecule has 5 N–H and O–H groups in total. The Morgan fingerprint density at radius 2 is 2.00 bits per heavy atom. The molecule has 0 unspecified atom stereocenters. The van der Waals surface area contributed by atoms with Crippen LogP contribution in [0.25, 0.3) is 0 Å². The maximum absolute atomic E-state index is 11.5. The summed E-state index contributed by atoms with van der Waals surface area (Å²) in [4.78, 5) is 11.5. The molecule has 0 atom stereocenters. The van der Waals surface area contributed by atoms with Crippen molar-refractivity contribution in [3.05, 3.63) is 29.8 Å². The molecule has 4 nitrogen and oxygen atoms in total. The van der Waals surface area contributed by atoms with Crippen LogP contribution in [0.5, 0.6) is 0 Å². The number of carbonyl (C=O) groups is 1. The van der Waals surface area contributed by atoms with E-state index in [9.17, 15) is 4.79 Å². The summed E-state index contributed by atoms with van der Waals surface area (Å²) in [6.07, 6.45) is 1.19. The zero-order valence-corrected chi connectivity index (χ0v) is 7.79. The minimum absolute atomic E-state index is 0.317. The number of nitrogens with two attached hydrogens (primary N) is 2. The van der Waals surface area contributed by atoms with Crippen LogP contribution in [0.1, 0.15) is 12.0 Å². The number of hydrogen-bond acceptors (Lipinski definition) is 3. The highest BCUT2D eigenvalue weighted by Crippen LogP contribution is 2.22. The first-order valence-corrected chi connectivity index (χ1v) is 4.57. The summed E-state index contributed by atoms with van der Waals surface area (Å²) in [7, 11) is 0. The summed E-state index contributed by atoms with van der Waals surface area (Å²) in [6.45, 7) is 0. The number of hydrogen-bond donors (Lipinski definition) is 3. The SMILES string of the molecule is NC1(N)CCc2ccccc2NC1=O. The van der Waals surface area contributed by atoms with Crippen molar-refractivity contribution in [1.29, 1.82) is 0 Å². The highest BCUT2D eigenvalue weighted by Gasteiger charge is 2.31. The van der Waals surface area contributed by atoms with Gasteiger partial charge in [0.05, 0.1) is 0 Å². The van der Waals surface area contributed by atoms with Gasteiger partial charge in [-0.1, -0.05) is 18.2 Å². The Morgan fingerprint density at radius 1 is 1.29 bits per heavy atom. The quantitative estimate of drug-likeness (QED) is 0.512. The molecule has 0 fully saturated rings. The second kappa shape index (κ2) is 3.08. The molecule has 1 aromatic rings. The third-order valence-corrected chi connectivity index (χ3v) is 2.50. The van der Waals surface area contributed by atoms with Crippen LogP contribution < -0.4 is 16.8 Å².